The van der Waals surface area contributed by atoms with Crippen LogP contribution < -0.4 is 0 Å². The van der Waals surface area contributed by atoms with E-state index in [0.717, 1.165) is 25.7 Å². The minimum Gasteiger partial charge on any atom is -0.0654 e. The Hall–Kier alpha value is -5.20. The Morgan fingerprint density at radius 1 is 0.286 bits per heavy atom. The molecule has 0 aliphatic heterocycles. The molecule has 1 aliphatic rings. The van der Waals surface area contributed by atoms with Gasteiger partial charge in [-0.15, -0.1) is 0 Å². The fourth-order valence-corrected chi connectivity index (χ4v) is 9.08. The van der Waals surface area contributed by atoms with Crippen LogP contribution in [0.4, 0.5) is 0 Å². The van der Waals surface area contributed by atoms with Crippen LogP contribution in [-0.2, 0) is 25.7 Å². The largest absolute Gasteiger partial charge is 0.0654 e. The van der Waals surface area contributed by atoms with Crippen LogP contribution in [0.2, 0.25) is 0 Å². The van der Waals surface area contributed by atoms with Crippen LogP contribution in [0.1, 0.15) is 101 Å². The number of unbranched alkanes of at least 4 members (excludes halogenated alkanes) is 4. The molecular weight excluding hydrogens is 673 g/mol. The Bertz CT molecular complexity index is 2240. The summed E-state index contributed by atoms with van der Waals surface area (Å²) in [6.07, 6.45) is 14.1. The van der Waals surface area contributed by atoms with Crippen molar-refractivity contribution in [3.8, 4) is 66.8 Å². The number of fused-ring (bicyclic) bond motifs is 3. The van der Waals surface area contributed by atoms with Crippen LogP contribution in [0, 0.1) is 0 Å². The summed E-state index contributed by atoms with van der Waals surface area (Å²) >= 11 is 0. The number of hydrogen-bond donors (Lipinski definition) is 0. The molecule has 56 heavy (non-hydrogen) atoms. The molecule has 0 unspecified atom stereocenters. The second kappa shape index (κ2) is 17.3. The van der Waals surface area contributed by atoms with Crippen LogP contribution in [0.5, 0.6) is 0 Å². The topological polar surface area (TPSA) is 0 Å². The van der Waals surface area contributed by atoms with Gasteiger partial charge in [-0.1, -0.05) is 187 Å². The molecule has 0 N–H and O–H groups in total. The van der Waals surface area contributed by atoms with Gasteiger partial charge in [-0.05, 0) is 151 Å². The Balaban J connectivity index is 1.51. The maximum atomic E-state index is 2.42. The first-order chi connectivity index (χ1) is 27.6. The molecule has 282 valence electrons. The molecule has 0 spiro atoms. The fourth-order valence-electron chi connectivity index (χ4n) is 9.08. The summed E-state index contributed by atoms with van der Waals surface area (Å²) in [5, 5.41) is 2.68. The fraction of sp³-hybridized carbons (Fsp3) is 0.286. The summed E-state index contributed by atoms with van der Waals surface area (Å²) in [5.41, 5.74) is 21.6. The van der Waals surface area contributed by atoms with Gasteiger partial charge in [0.2, 0.25) is 0 Å². The van der Waals surface area contributed by atoms with Crippen molar-refractivity contribution in [2.75, 3.05) is 0 Å². The summed E-state index contributed by atoms with van der Waals surface area (Å²) in [5.74, 6) is 0. The summed E-state index contributed by atoms with van der Waals surface area (Å²) in [7, 11) is 0. The molecule has 0 radical (unpaired) electrons. The van der Waals surface area contributed by atoms with Crippen molar-refractivity contribution < 1.29 is 0 Å². The summed E-state index contributed by atoms with van der Waals surface area (Å²) in [6.45, 7) is 9.14. The Labute approximate surface area is 336 Å². The Morgan fingerprint density at radius 3 is 0.821 bits per heavy atom. The van der Waals surface area contributed by atoms with Crippen LogP contribution >= 0.6 is 0 Å². The standard InChI is InChI=1S/C56H58/c1-5-9-15-39-23-31-44(32-24-39)51-52(45-33-25-40(26-34-45)16-10-6-2)54(47-37-29-42(30-38-47)18-12-8-4)56-49-22-14-20-43-19-13-21-48(50(43)49)55(56)53(51)46-35-27-41(28-36-46)17-11-7-3/h13-14,19-38H,5-12,15-18H2,1-4H3. The lowest BCUT2D eigenvalue weighted by atomic mass is 9.76. The second-order valence-electron chi connectivity index (χ2n) is 16.2. The minimum atomic E-state index is 1.12. The SMILES string of the molecule is CCCCc1ccc(-c2c(-c3ccc(CCCC)cc3)c(-c3ccc(CCCC)cc3)c3c(c2-c2ccc(CCCC)cc2)-c2cccc4cccc-3c24)cc1. The van der Waals surface area contributed by atoms with Crippen LogP contribution in [0.3, 0.4) is 0 Å². The van der Waals surface area contributed by atoms with E-state index >= 15 is 0 Å². The van der Waals surface area contributed by atoms with Gasteiger partial charge in [0.05, 0.1) is 0 Å². The first-order valence-electron chi connectivity index (χ1n) is 21.8. The molecule has 8 rings (SSSR count). The van der Waals surface area contributed by atoms with Crippen molar-refractivity contribution in [3.63, 3.8) is 0 Å². The zero-order valence-corrected chi connectivity index (χ0v) is 34.2. The Morgan fingerprint density at radius 2 is 0.554 bits per heavy atom. The highest BCUT2D eigenvalue weighted by molar-refractivity contribution is 6.25. The number of hydrogen-bond acceptors (Lipinski definition) is 0. The molecule has 0 fully saturated rings. The van der Waals surface area contributed by atoms with E-state index in [2.05, 4.69) is 161 Å². The number of aryl methyl sites for hydroxylation is 4. The summed E-state index contributed by atoms with van der Waals surface area (Å²) in [6, 6.07) is 52.4. The lowest BCUT2D eigenvalue weighted by molar-refractivity contribution is 0.795. The molecule has 0 aromatic heterocycles. The quantitative estimate of drug-likeness (QED) is 0.0928. The van der Waals surface area contributed by atoms with Crippen LogP contribution in [-0.4, -0.2) is 0 Å². The van der Waals surface area contributed by atoms with Crippen molar-refractivity contribution in [2.45, 2.75) is 105 Å². The van der Waals surface area contributed by atoms with Crippen molar-refractivity contribution in [1.82, 2.24) is 0 Å². The molecular formula is C56H58. The van der Waals surface area contributed by atoms with Gasteiger partial charge in [-0.25, -0.2) is 0 Å². The molecule has 0 saturated heterocycles. The normalized spacial score (nSPS) is 11.7. The summed E-state index contributed by atoms with van der Waals surface area (Å²) < 4.78 is 0. The van der Waals surface area contributed by atoms with E-state index in [1.807, 2.05) is 0 Å². The maximum Gasteiger partial charge on any atom is -0.000719 e. The van der Waals surface area contributed by atoms with Gasteiger partial charge in [0, 0.05) is 0 Å². The van der Waals surface area contributed by atoms with Gasteiger partial charge in [0.15, 0.2) is 0 Å². The molecule has 0 amide bonds. The van der Waals surface area contributed by atoms with E-state index in [9.17, 15) is 0 Å². The van der Waals surface area contributed by atoms with E-state index in [-0.39, 0.29) is 0 Å². The van der Waals surface area contributed by atoms with Gasteiger partial charge in [-0.3, -0.25) is 0 Å². The van der Waals surface area contributed by atoms with Gasteiger partial charge in [0.25, 0.3) is 0 Å². The van der Waals surface area contributed by atoms with Gasteiger partial charge in [0.1, 0.15) is 0 Å². The first-order valence-corrected chi connectivity index (χ1v) is 21.8. The lowest BCUT2D eigenvalue weighted by Gasteiger charge is -2.26. The maximum absolute atomic E-state index is 2.42. The molecule has 7 aromatic carbocycles. The molecule has 0 atom stereocenters. The monoisotopic (exact) mass is 730 g/mol. The predicted molar refractivity (Wildman–Crippen MR) is 245 cm³/mol. The zero-order chi connectivity index (χ0) is 38.4. The third-order valence-corrected chi connectivity index (χ3v) is 12.2. The van der Waals surface area contributed by atoms with Crippen molar-refractivity contribution in [2.24, 2.45) is 0 Å². The molecule has 0 nitrogen and oxygen atoms in total. The molecule has 7 aromatic rings. The van der Waals surface area contributed by atoms with Gasteiger partial charge < -0.3 is 0 Å². The van der Waals surface area contributed by atoms with E-state index < -0.39 is 0 Å². The predicted octanol–water partition coefficient (Wildman–Crippen LogP) is 16.5. The Kier molecular flexibility index (Phi) is 11.6. The van der Waals surface area contributed by atoms with Crippen molar-refractivity contribution >= 4 is 10.8 Å². The van der Waals surface area contributed by atoms with Crippen LogP contribution in [0.25, 0.3) is 77.5 Å². The van der Waals surface area contributed by atoms with E-state index in [1.165, 1.54) is 151 Å². The second-order valence-corrected chi connectivity index (χ2v) is 16.2. The molecule has 0 saturated carbocycles. The zero-order valence-electron chi connectivity index (χ0n) is 34.2. The average molecular weight is 731 g/mol. The highest BCUT2D eigenvalue weighted by atomic mass is 14.4. The highest BCUT2D eigenvalue weighted by Gasteiger charge is 2.33. The van der Waals surface area contributed by atoms with Crippen molar-refractivity contribution in [3.05, 3.63) is 156 Å². The number of benzene rings is 7. The smallest absolute Gasteiger partial charge is 0.000719 e. The third kappa shape index (κ3) is 7.39. The summed E-state index contributed by atoms with van der Waals surface area (Å²) in [4.78, 5) is 0. The molecule has 1 aliphatic carbocycles. The molecule has 0 heteroatoms. The van der Waals surface area contributed by atoms with Gasteiger partial charge >= 0.3 is 0 Å². The van der Waals surface area contributed by atoms with Gasteiger partial charge in [-0.2, -0.15) is 0 Å². The lowest BCUT2D eigenvalue weighted by Crippen LogP contribution is -2.00. The minimum absolute atomic E-state index is 1.12. The van der Waals surface area contributed by atoms with E-state index in [4.69, 9.17) is 0 Å². The van der Waals surface area contributed by atoms with E-state index in [1.54, 1.807) is 0 Å². The third-order valence-electron chi connectivity index (χ3n) is 12.2. The number of rotatable bonds is 16. The highest BCUT2D eigenvalue weighted by Crippen LogP contribution is 2.60. The van der Waals surface area contributed by atoms with Crippen LogP contribution in [0.15, 0.2) is 133 Å². The molecule has 0 heterocycles. The molecule has 0 bridgehead atoms. The van der Waals surface area contributed by atoms with Crippen molar-refractivity contribution in [1.29, 1.82) is 0 Å². The van der Waals surface area contributed by atoms with E-state index in [0.29, 0.717) is 0 Å². The average Bonchev–Trinajstić information content (AvgIpc) is 3.58. The first kappa shape index (κ1) is 37.7.